The largest absolute Gasteiger partial charge is 0.493 e. The number of methoxy groups -OCH3 is 1. The molecule has 0 aliphatic carbocycles. The van der Waals surface area contributed by atoms with Crippen molar-refractivity contribution >= 4 is 11.8 Å². The van der Waals surface area contributed by atoms with E-state index in [1.807, 2.05) is 19.1 Å². The van der Waals surface area contributed by atoms with Gasteiger partial charge in [-0.3, -0.25) is 9.59 Å². The number of nitrogens with one attached hydrogen (secondary N) is 1. The lowest BCUT2D eigenvalue weighted by Crippen LogP contribution is -2.41. The second kappa shape index (κ2) is 14.8. The van der Waals surface area contributed by atoms with E-state index in [-0.39, 0.29) is 24.3 Å². The Balaban J connectivity index is 2.76. The van der Waals surface area contributed by atoms with Gasteiger partial charge in [0.15, 0.2) is 18.1 Å². The number of rotatable bonds is 16. The van der Waals surface area contributed by atoms with Gasteiger partial charge in [-0.15, -0.1) is 0 Å². The zero-order valence-electron chi connectivity index (χ0n) is 20.8. The van der Waals surface area contributed by atoms with E-state index in [4.69, 9.17) is 20.9 Å². The molecular weight excluding hydrogens is 422 g/mol. The summed E-state index contributed by atoms with van der Waals surface area (Å²) in [6.45, 7) is 8.58. The van der Waals surface area contributed by atoms with Gasteiger partial charge in [0, 0.05) is 18.5 Å². The van der Waals surface area contributed by atoms with Gasteiger partial charge in [-0.1, -0.05) is 40.2 Å². The van der Waals surface area contributed by atoms with E-state index in [9.17, 15) is 14.7 Å². The van der Waals surface area contributed by atoms with Crippen molar-refractivity contribution in [2.45, 2.75) is 71.9 Å². The quantitative estimate of drug-likeness (QED) is 0.277. The highest BCUT2D eigenvalue weighted by atomic mass is 16.5. The minimum atomic E-state index is -0.761. The first-order valence-corrected chi connectivity index (χ1v) is 11.9. The summed E-state index contributed by atoms with van der Waals surface area (Å²) >= 11 is 0. The normalized spacial score (nSPS) is 14.9. The number of amides is 2. The van der Waals surface area contributed by atoms with Crippen LogP contribution >= 0.6 is 0 Å². The summed E-state index contributed by atoms with van der Waals surface area (Å²) in [6, 6.07) is 5.17. The van der Waals surface area contributed by atoms with E-state index < -0.39 is 18.1 Å². The number of ether oxygens (including phenoxy) is 2. The smallest absolute Gasteiger partial charge is 0.255 e. The number of aliphatic hydroxyl groups is 1. The molecule has 8 nitrogen and oxygen atoms in total. The molecule has 4 atom stereocenters. The Morgan fingerprint density at radius 2 is 1.85 bits per heavy atom. The zero-order chi connectivity index (χ0) is 25.0. The lowest BCUT2D eigenvalue weighted by molar-refractivity contribution is -0.125. The molecule has 0 unspecified atom stereocenters. The van der Waals surface area contributed by atoms with Gasteiger partial charge < -0.3 is 31.4 Å². The first-order chi connectivity index (χ1) is 15.6. The number of primary amides is 1. The molecule has 33 heavy (non-hydrogen) atoms. The number of unbranched alkanes of at least 4 members (excludes halogenated alkanes) is 1. The van der Waals surface area contributed by atoms with Crippen LogP contribution < -0.4 is 26.3 Å². The molecule has 0 aliphatic heterocycles. The standard InChI is InChI=1S/C25H43N3O5/c1-6-7-10-28-25(31)17(4)11-21(29)20(26)14-19(16(2)3)12-18-8-9-22(32-5)23(13-18)33-15-24(27)30/h8-9,13,16-17,19-21,29H,6-7,10-12,14-15,26H2,1-5H3,(H2,27,30)(H,28,31)/t17-,19+,20+,21+/m1/s1. The van der Waals surface area contributed by atoms with Crippen LogP contribution in [0.3, 0.4) is 0 Å². The molecule has 1 rings (SSSR count). The van der Waals surface area contributed by atoms with Crippen LogP contribution in [-0.4, -0.2) is 49.3 Å². The number of benzene rings is 1. The number of carbonyl (C=O) groups excluding carboxylic acids is 2. The highest BCUT2D eigenvalue weighted by Gasteiger charge is 2.26. The lowest BCUT2D eigenvalue weighted by Gasteiger charge is -2.28. The van der Waals surface area contributed by atoms with Gasteiger partial charge in [-0.25, -0.2) is 0 Å². The fourth-order valence-electron chi connectivity index (χ4n) is 3.72. The second-order valence-corrected chi connectivity index (χ2v) is 9.20. The third kappa shape index (κ3) is 10.4. The fraction of sp³-hybridized carbons (Fsp3) is 0.680. The van der Waals surface area contributed by atoms with Crippen LogP contribution in [0.15, 0.2) is 18.2 Å². The molecule has 1 aromatic carbocycles. The molecule has 0 heterocycles. The fourth-order valence-corrected chi connectivity index (χ4v) is 3.72. The highest BCUT2D eigenvalue weighted by Crippen LogP contribution is 2.31. The van der Waals surface area contributed by atoms with Crippen molar-refractivity contribution < 1.29 is 24.2 Å². The first kappa shape index (κ1) is 28.7. The minimum Gasteiger partial charge on any atom is -0.493 e. The van der Waals surface area contributed by atoms with Crippen LogP contribution in [0.4, 0.5) is 0 Å². The molecule has 188 valence electrons. The Morgan fingerprint density at radius 3 is 2.42 bits per heavy atom. The monoisotopic (exact) mass is 465 g/mol. The van der Waals surface area contributed by atoms with E-state index in [0.29, 0.717) is 36.8 Å². The molecule has 6 N–H and O–H groups in total. The molecule has 0 aliphatic rings. The van der Waals surface area contributed by atoms with Gasteiger partial charge in [-0.2, -0.15) is 0 Å². The molecule has 0 bridgehead atoms. The van der Waals surface area contributed by atoms with E-state index in [0.717, 1.165) is 24.8 Å². The van der Waals surface area contributed by atoms with Gasteiger partial charge >= 0.3 is 0 Å². The summed E-state index contributed by atoms with van der Waals surface area (Å²) in [7, 11) is 1.54. The van der Waals surface area contributed by atoms with E-state index in [1.54, 1.807) is 6.07 Å². The van der Waals surface area contributed by atoms with Crippen LogP contribution in [0.5, 0.6) is 11.5 Å². The van der Waals surface area contributed by atoms with Crippen molar-refractivity contribution in [2.75, 3.05) is 20.3 Å². The van der Waals surface area contributed by atoms with Crippen molar-refractivity contribution in [1.82, 2.24) is 5.32 Å². The van der Waals surface area contributed by atoms with Crippen LogP contribution in [0.1, 0.15) is 58.9 Å². The van der Waals surface area contributed by atoms with Crippen LogP contribution in [0, 0.1) is 17.8 Å². The van der Waals surface area contributed by atoms with Gasteiger partial charge in [0.25, 0.3) is 5.91 Å². The summed E-state index contributed by atoms with van der Waals surface area (Å²) < 4.78 is 10.8. The summed E-state index contributed by atoms with van der Waals surface area (Å²) in [4.78, 5) is 23.3. The van der Waals surface area contributed by atoms with Crippen molar-refractivity contribution in [2.24, 2.45) is 29.2 Å². The summed E-state index contributed by atoms with van der Waals surface area (Å²) in [5, 5.41) is 13.6. The Labute approximate surface area is 198 Å². The molecular formula is C25H43N3O5. The number of hydrogen-bond acceptors (Lipinski definition) is 6. The average Bonchev–Trinajstić information content (AvgIpc) is 2.76. The Hall–Kier alpha value is -2.32. The maximum atomic E-state index is 12.2. The third-order valence-corrected chi connectivity index (χ3v) is 5.98. The van der Waals surface area contributed by atoms with Crippen molar-refractivity contribution in [3.8, 4) is 11.5 Å². The Kier molecular flexibility index (Phi) is 12.8. The molecule has 0 saturated carbocycles. The summed E-state index contributed by atoms with van der Waals surface area (Å²) in [5.74, 6) is 0.623. The van der Waals surface area contributed by atoms with Crippen molar-refractivity contribution in [3.05, 3.63) is 23.8 Å². The second-order valence-electron chi connectivity index (χ2n) is 9.20. The molecule has 0 spiro atoms. The topological polar surface area (TPSA) is 137 Å². The summed E-state index contributed by atoms with van der Waals surface area (Å²) in [6.07, 6.45) is 2.87. The zero-order valence-corrected chi connectivity index (χ0v) is 20.8. The number of nitrogens with two attached hydrogens (primary N) is 2. The van der Waals surface area contributed by atoms with Crippen LogP contribution in [0.2, 0.25) is 0 Å². The molecule has 0 fully saturated rings. The minimum absolute atomic E-state index is 0.0446. The van der Waals surface area contributed by atoms with Gasteiger partial charge in [0.2, 0.25) is 5.91 Å². The van der Waals surface area contributed by atoms with E-state index in [1.165, 1.54) is 7.11 Å². The Bertz CT molecular complexity index is 741. The SMILES string of the molecule is CCCCNC(=O)[C@H](C)C[C@H](O)[C@@H](N)C[C@H](Cc1ccc(OC)c(OCC(N)=O)c1)C(C)C. The van der Waals surface area contributed by atoms with Gasteiger partial charge in [-0.05, 0) is 55.2 Å². The van der Waals surface area contributed by atoms with E-state index in [2.05, 4.69) is 26.1 Å². The van der Waals surface area contributed by atoms with Crippen molar-refractivity contribution in [3.63, 3.8) is 0 Å². The maximum absolute atomic E-state index is 12.2. The van der Waals surface area contributed by atoms with Gasteiger partial charge in [0.05, 0.1) is 13.2 Å². The molecule has 2 amide bonds. The average molecular weight is 466 g/mol. The van der Waals surface area contributed by atoms with Crippen molar-refractivity contribution in [1.29, 1.82) is 0 Å². The molecule has 0 radical (unpaired) electrons. The highest BCUT2D eigenvalue weighted by molar-refractivity contribution is 5.78. The van der Waals surface area contributed by atoms with Gasteiger partial charge in [0.1, 0.15) is 0 Å². The third-order valence-electron chi connectivity index (χ3n) is 5.98. The van der Waals surface area contributed by atoms with E-state index >= 15 is 0 Å². The molecule has 1 aromatic rings. The number of aliphatic hydroxyl groups excluding tert-OH is 1. The predicted octanol–water partition coefficient (Wildman–Crippen LogP) is 2.39. The first-order valence-electron chi connectivity index (χ1n) is 11.9. The van der Waals surface area contributed by atoms with Crippen LogP contribution in [-0.2, 0) is 16.0 Å². The Morgan fingerprint density at radius 1 is 1.15 bits per heavy atom. The predicted molar refractivity (Wildman–Crippen MR) is 130 cm³/mol. The molecule has 0 aromatic heterocycles. The van der Waals surface area contributed by atoms with Crippen LogP contribution in [0.25, 0.3) is 0 Å². The molecule has 8 heteroatoms. The molecule has 0 saturated heterocycles. The number of hydrogen-bond donors (Lipinski definition) is 4. The number of carbonyl (C=O) groups is 2. The maximum Gasteiger partial charge on any atom is 0.255 e. The summed E-state index contributed by atoms with van der Waals surface area (Å²) in [5.41, 5.74) is 12.6. The lowest BCUT2D eigenvalue weighted by atomic mass is 9.82.